The van der Waals surface area contributed by atoms with Crippen LogP contribution in [0, 0.1) is 24.1 Å². The first kappa shape index (κ1) is 12.5. The minimum atomic E-state index is -0.602. The van der Waals surface area contributed by atoms with E-state index < -0.39 is 5.82 Å². The Morgan fingerprint density at radius 3 is 2.72 bits per heavy atom. The number of halogens is 2. The van der Waals surface area contributed by atoms with Gasteiger partial charge in [-0.05, 0) is 47.1 Å². The Bertz CT molecular complexity index is 620. The van der Waals surface area contributed by atoms with Gasteiger partial charge in [0.25, 0.3) is 0 Å². The van der Waals surface area contributed by atoms with Gasteiger partial charge in [0.1, 0.15) is 11.8 Å². The number of hydrogen-bond donors (Lipinski definition) is 0. The summed E-state index contributed by atoms with van der Waals surface area (Å²) in [6.07, 6.45) is 1.51. The first-order chi connectivity index (χ1) is 8.61. The highest BCUT2D eigenvalue weighted by molar-refractivity contribution is 9.10. The molecular formula is C13H8BrFN2O. The van der Waals surface area contributed by atoms with E-state index in [9.17, 15) is 4.39 Å². The number of nitrogens with zero attached hydrogens (tertiary/aromatic N) is 2. The van der Waals surface area contributed by atoms with E-state index in [1.165, 1.54) is 18.3 Å². The van der Waals surface area contributed by atoms with Crippen LogP contribution in [-0.4, -0.2) is 4.98 Å². The van der Waals surface area contributed by atoms with Crippen molar-refractivity contribution in [3.63, 3.8) is 0 Å². The second-order valence-electron chi connectivity index (χ2n) is 3.59. The molecule has 5 heteroatoms. The van der Waals surface area contributed by atoms with E-state index in [1.54, 1.807) is 12.1 Å². The van der Waals surface area contributed by atoms with Gasteiger partial charge in [0.05, 0.1) is 16.2 Å². The third-order valence-corrected chi connectivity index (χ3v) is 3.05. The monoisotopic (exact) mass is 306 g/mol. The molecule has 18 heavy (non-hydrogen) atoms. The maximum atomic E-state index is 13.9. The largest absolute Gasteiger partial charge is 0.453 e. The molecular weight excluding hydrogens is 299 g/mol. The Balaban J connectivity index is 2.33. The molecule has 0 atom stereocenters. The smallest absolute Gasteiger partial charge is 0.181 e. The standard InChI is InChI=1S/C13H8BrFN2O/c1-8-2-4-10(7-17-8)18-11-5-3-9(6-16)12(14)13(11)15/h2-5,7H,1H3. The Morgan fingerprint density at radius 2 is 2.11 bits per heavy atom. The van der Waals surface area contributed by atoms with E-state index in [0.29, 0.717) is 5.75 Å². The molecule has 1 aromatic carbocycles. The Kier molecular flexibility index (Phi) is 3.58. The van der Waals surface area contributed by atoms with E-state index in [2.05, 4.69) is 20.9 Å². The molecule has 0 bridgehead atoms. The van der Waals surface area contributed by atoms with Crippen LogP contribution in [0.4, 0.5) is 4.39 Å². The number of aryl methyl sites for hydroxylation is 1. The molecule has 0 aliphatic carbocycles. The van der Waals surface area contributed by atoms with Crippen molar-refractivity contribution in [1.29, 1.82) is 5.26 Å². The van der Waals surface area contributed by atoms with Gasteiger partial charge in [0, 0.05) is 5.69 Å². The van der Waals surface area contributed by atoms with Crippen molar-refractivity contribution < 1.29 is 9.13 Å². The number of rotatable bonds is 2. The van der Waals surface area contributed by atoms with E-state index in [1.807, 2.05) is 13.0 Å². The van der Waals surface area contributed by atoms with Gasteiger partial charge in [0.15, 0.2) is 11.6 Å². The number of ether oxygens (including phenoxy) is 1. The zero-order chi connectivity index (χ0) is 13.1. The lowest BCUT2D eigenvalue weighted by molar-refractivity contribution is 0.438. The van der Waals surface area contributed by atoms with Crippen molar-refractivity contribution in [3.05, 3.63) is 52.0 Å². The van der Waals surface area contributed by atoms with Gasteiger partial charge in [-0.15, -0.1) is 0 Å². The van der Waals surface area contributed by atoms with Crippen LogP contribution in [0.25, 0.3) is 0 Å². The Hall–Kier alpha value is -1.93. The Morgan fingerprint density at radius 1 is 1.33 bits per heavy atom. The number of benzene rings is 1. The van der Waals surface area contributed by atoms with Gasteiger partial charge < -0.3 is 4.74 Å². The summed E-state index contributed by atoms with van der Waals surface area (Å²) in [5.74, 6) is -0.114. The summed E-state index contributed by atoms with van der Waals surface area (Å²) in [5.41, 5.74) is 1.07. The summed E-state index contributed by atoms with van der Waals surface area (Å²) < 4.78 is 19.3. The lowest BCUT2D eigenvalue weighted by Crippen LogP contribution is -1.92. The van der Waals surface area contributed by atoms with Crippen LogP contribution in [-0.2, 0) is 0 Å². The van der Waals surface area contributed by atoms with Gasteiger partial charge in [0.2, 0.25) is 0 Å². The molecule has 0 saturated carbocycles. The number of nitriles is 1. The summed E-state index contributed by atoms with van der Waals surface area (Å²) in [5, 5.41) is 8.76. The second-order valence-corrected chi connectivity index (χ2v) is 4.38. The van der Waals surface area contributed by atoms with Gasteiger partial charge in [-0.1, -0.05) is 0 Å². The first-order valence-corrected chi connectivity index (χ1v) is 5.89. The summed E-state index contributed by atoms with van der Waals surface area (Å²) in [6.45, 7) is 1.85. The van der Waals surface area contributed by atoms with Gasteiger partial charge in [-0.25, -0.2) is 4.39 Å². The molecule has 0 N–H and O–H groups in total. The molecule has 1 aromatic heterocycles. The topological polar surface area (TPSA) is 45.9 Å². The molecule has 0 aliphatic rings. The molecule has 0 aliphatic heterocycles. The van der Waals surface area contributed by atoms with Crippen LogP contribution in [0.1, 0.15) is 11.3 Å². The molecule has 90 valence electrons. The fraction of sp³-hybridized carbons (Fsp3) is 0.0769. The fourth-order valence-electron chi connectivity index (χ4n) is 1.34. The second kappa shape index (κ2) is 5.15. The molecule has 0 spiro atoms. The van der Waals surface area contributed by atoms with Gasteiger partial charge in [-0.2, -0.15) is 5.26 Å². The van der Waals surface area contributed by atoms with Crippen molar-refractivity contribution in [2.45, 2.75) is 6.92 Å². The van der Waals surface area contributed by atoms with E-state index in [0.717, 1.165) is 5.69 Å². The van der Waals surface area contributed by atoms with Crippen molar-refractivity contribution in [3.8, 4) is 17.6 Å². The summed E-state index contributed by atoms with van der Waals surface area (Å²) >= 11 is 3.02. The van der Waals surface area contributed by atoms with E-state index in [-0.39, 0.29) is 15.8 Å². The van der Waals surface area contributed by atoms with E-state index >= 15 is 0 Å². The maximum Gasteiger partial charge on any atom is 0.181 e. The predicted octanol–water partition coefficient (Wildman–Crippen LogP) is 3.96. The van der Waals surface area contributed by atoms with Crippen LogP contribution in [0.5, 0.6) is 11.5 Å². The predicted molar refractivity (Wildman–Crippen MR) is 67.9 cm³/mol. The Labute approximate surface area is 112 Å². The molecule has 0 radical (unpaired) electrons. The highest BCUT2D eigenvalue weighted by Crippen LogP contribution is 2.31. The zero-order valence-electron chi connectivity index (χ0n) is 9.45. The first-order valence-electron chi connectivity index (χ1n) is 5.10. The third-order valence-electron chi connectivity index (χ3n) is 2.28. The average molecular weight is 307 g/mol. The third kappa shape index (κ3) is 2.49. The molecule has 2 rings (SSSR count). The van der Waals surface area contributed by atoms with Crippen LogP contribution in [0.15, 0.2) is 34.9 Å². The van der Waals surface area contributed by atoms with Crippen LogP contribution in [0.3, 0.4) is 0 Å². The zero-order valence-corrected chi connectivity index (χ0v) is 11.0. The van der Waals surface area contributed by atoms with Crippen molar-refractivity contribution in [2.75, 3.05) is 0 Å². The minimum Gasteiger partial charge on any atom is -0.453 e. The minimum absolute atomic E-state index is 0.0477. The lowest BCUT2D eigenvalue weighted by atomic mass is 10.2. The van der Waals surface area contributed by atoms with Crippen LogP contribution in [0.2, 0.25) is 0 Å². The quantitative estimate of drug-likeness (QED) is 0.843. The van der Waals surface area contributed by atoms with Crippen molar-refractivity contribution in [1.82, 2.24) is 4.98 Å². The van der Waals surface area contributed by atoms with Gasteiger partial charge >= 0.3 is 0 Å². The highest BCUT2D eigenvalue weighted by atomic mass is 79.9. The maximum absolute atomic E-state index is 13.9. The molecule has 0 saturated heterocycles. The highest BCUT2D eigenvalue weighted by Gasteiger charge is 2.12. The van der Waals surface area contributed by atoms with Gasteiger partial charge in [-0.3, -0.25) is 4.98 Å². The molecule has 0 unspecified atom stereocenters. The summed E-state index contributed by atoms with van der Waals surface area (Å²) in [7, 11) is 0. The van der Waals surface area contributed by atoms with Crippen molar-refractivity contribution >= 4 is 15.9 Å². The fourth-order valence-corrected chi connectivity index (χ4v) is 1.75. The molecule has 1 heterocycles. The molecule has 3 nitrogen and oxygen atoms in total. The summed E-state index contributed by atoms with van der Waals surface area (Å²) in [4.78, 5) is 4.05. The average Bonchev–Trinajstić information content (AvgIpc) is 2.38. The number of aromatic nitrogens is 1. The number of pyridine rings is 1. The van der Waals surface area contributed by atoms with E-state index in [4.69, 9.17) is 10.00 Å². The SMILES string of the molecule is Cc1ccc(Oc2ccc(C#N)c(Br)c2F)cn1. The summed E-state index contributed by atoms with van der Waals surface area (Å²) in [6, 6.07) is 8.26. The number of hydrogen-bond acceptors (Lipinski definition) is 3. The lowest BCUT2D eigenvalue weighted by Gasteiger charge is -2.08. The normalized spacial score (nSPS) is 9.89. The van der Waals surface area contributed by atoms with Crippen molar-refractivity contribution in [2.24, 2.45) is 0 Å². The molecule has 0 amide bonds. The van der Waals surface area contributed by atoms with Crippen LogP contribution < -0.4 is 4.74 Å². The van der Waals surface area contributed by atoms with Crippen LogP contribution >= 0.6 is 15.9 Å². The molecule has 2 aromatic rings. The molecule has 0 fully saturated rings.